The SMILES string of the molecule is CC(C)(C)OC(=O)N(CCO)c1ccc([N+](=O)[O-])cc1C(=O)O. The van der Waals surface area contributed by atoms with Gasteiger partial charge >= 0.3 is 12.1 Å². The van der Waals surface area contributed by atoms with Gasteiger partial charge in [0.15, 0.2) is 0 Å². The fraction of sp³-hybridized carbons (Fsp3) is 0.429. The maximum atomic E-state index is 12.2. The van der Waals surface area contributed by atoms with Crippen LogP contribution in [-0.4, -0.2) is 46.0 Å². The lowest BCUT2D eigenvalue weighted by Gasteiger charge is -2.27. The van der Waals surface area contributed by atoms with E-state index in [0.717, 1.165) is 23.1 Å². The van der Waals surface area contributed by atoms with Crippen LogP contribution in [0.15, 0.2) is 18.2 Å². The molecule has 0 heterocycles. The van der Waals surface area contributed by atoms with Crippen molar-refractivity contribution >= 4 is 23.4 Å². The Bertz CT molecular complexity index is 622. The van der Waals surface area contributed by atoms with Gasteiger partial charge in [0.25, 0.3) is 5.69 Å². The summed E-state index contributed by atoms with van der Waals surface area (Å²) in [6.45, 7) is 4.25. The molecule has 23 heavy (non-hydrogen) atoms. The second-order valence-corrected chi connectivity index (χ2v) is 5.62. The number of aliphatic hydroxyl groups is 1. The Hall–Kier alpha value is -2.68. The van der Waals surface area contributed by atoms with E-state index in [1.54, 1.807) is 20.8 Å². The number of hydrogen-bond acceptors (Lipinski definition) is 6. The highest BCUT2D eigenvalue weighted by Gasteiger charge is 2.27. The van der Waals surface area contributed by atoms with E-state index in [1.807, 2.05) is 0 Å². The highest BCUT2D eigenvalue weighted by atomic mass is 16.6. The molecule has 1 aromatic carbocycles. The molecule has 126 valence electrons. The third-order valence-electron chi connectivity index (χ3n) is 2.65. The maximum Gasteiger partial charge on any atom is 0.414 e. The summed E-state index contributed by atoms with van der Waals surface area (Å²) in [6.07, 6.45) is -0.858. The quantitative estimate of drug-likeness (QED) is 0.625. The van der Waals surface area contributed by atoms with Gasteiger partial charge in [-0.15, -0.1) is 0 Å². The van der Waals surface area contributed by atoms with E-state index in [-0.39, 0.29) is 12.2 Å². The molecule has 0 radical (unpaired) electrons. The topological polar surface area (TPSA) is 130 Å². The Balaban J connectivity index is 3.33. The number of nitro benzene ring substituents is 1. The fourth-order valence-electron chi connectivity index (χ4n) is 1.77. The minimum atomic E-state index is -1.44. The van der Waals surface area contributed by atoms with Crippen molar-refractivity contribution in [2.24, 2.45) is 0 Å². The first kappa shape index (κ1) is 18.4. The number of benzene rings is 1. The molecule has 0 aromatic heterocycles. The molecule has 9 heteroatoms. The number of nitro groups is 1. The highest BCUT2D eigenvalue weighted by Crippen LogP contribution is 2.27. The Morgan fingerprint density at radius 3 is 2.39 bits per heavy atom. The van der Waals surface area contributed by atoms with Crippen LogP contribution >= 0.6 is 0 Å². The van der Waals surface area contributed by atoms with Gasteiger partial charge in [-0.1, -0.05) is 0 Å². The molecule has 1 aromatic rings. The Labute approximate surface area is 132 Å². The molecule has 0 atom stereocenters. The van der Waals surface area contributed by atoms with Crippen molar-refractivity contribution in [2.45, 2.75) is 26.4 Å². The number of hydrogen-bond donors (Lipinski definition) is 2. The predicted molar refractivity (Wildman–Crippen MR) is 80.7 cm³/mol. The van der Waals surface area contributed by atoms with Crippen LogP contribution in [0.1, 0.15) is 31.1 Å². The Kier molecular flexibility index (Phi) is 5.63. The summed E-state index contributed by atoms with van der Waals surface area (Å²) < 4.78 is 5.17. The van der Waals surface area contributed by atoms with E-state index in [2.05, 4.69) is 0 Å². The van der Waals surface area contributed by atoms with E-state index < -0.39 is 40.4 Å². The second kappa shape index (κ2) is 7.05. The molecule has 9 nitrogen and oxygen atoms in total. The maximum absolute atomic E-state index is 12.2. The number of carboxylic acids is 1. The molecule has 0 saturated heterocycles. The number of carbonyl (C=O) groups is 2. The van der Waals surface area contributed by atoms with Crippen LogP contribution in [0, 0.1) is 10.1 Å². The molecular weight excluding hydrogens is 308 g/mol. The van der Waals surface area contributed by atoms with Crippen LogP contribution in [0.4, 0.5) is 16.2 Å². The zero-order valence-electron chi connectivity index (χ0n) is 13.0. The summed E-state index contributed by atoms with van der Waals surface area (Å²) in [7, 11) is 0. The van der Waals surface area contributed by atoms with Crippen molar-refractivity contribution in [3.05, 3.63) is 33.9 Å². The molecule has 0 aliphatic heterocycles. The van der Waals surface area contributed by atoms with Crippen LogP contribution in [-0.2, 0) is 4.74 Å². The number of aliphatic hydroxyl groups excluding tert-OH is 1. The van der Waals surface area contributed by atoms with Crippen molar-refractivity contribution in [3.63, 3.8) is 0 Å². The Morgan fingerprint density at radius 2 is 1.96 bits per heavy atom. The zero-order valence-corrected chi connectivity index (χ0v) is 13.0. The normalized spacial score (nSPS) is 11.0. The van der Waals surface area contributed by atoms with E-state index in [9.17, 15) is 24.8 Å². The molecule has 1 rings (SSSR count). The van der Waals surface area contributed by atoms with E-state index in [0.29, 0.717) is 0 Å². The van der Waals surface area contributed by atoms with Gasteiger partial charge in [0.2, 0.25) is 0 Å². The van der Waals surface area contributed by atoms with Gasteiger partial charge in [-0.2, -0.15) is 0 Å². The molecule has 0 aliphatic carbocycles. The number of rotatable bonds is 5. The lowest BCUT2D eigenvalue weighted by atomic mass is 10.1. The summed E-state index contributed by atoms with van der Waals surface area (Å²) in [5.41, 5.74) is -1.77. The number of amides is 1. The van der Waals surface area contributed by atoms with Crippen LogP contribution in [0.3, 0.4) is 0 Å². The van der Waals surface area contributed by atoms with Crippen LogP contribution in [0.2, 0.25) is 0 Å². The molecule has 0 spiro atoms. The summed E-state index contributed by atoms with van der Waals surface area (Å²) in [5.74, 6) is -1.44. The smallest absolute Gasteiger partial charge is 0.414 e. The van der Waals surface area contributed by atoms with Gasteiger partial charge in [0, 0.05) is 12.1 Å². The third-order valence-corrected chi connectivity index (χ3v) is 2.65. The highest BCUT2D eigenvalue weighted by molar-refractivity contribution is 6.00. The first-order valence-corrected chi connectivity index (χ1v) is 6.70. The standard InChI is InChI=1S/C14H18N2O7/c1-14(2,3)23-13(20)15(6-7-17)11-5-4-9(16(21)22)8-10(11)12(18)19/h4-5,8,17H,6-7H2,1-3H3,(H,18,19). The summed E-state index contributed by atoms with van der Waals surface area (Å²) >= 11 is 0. The second-order valence-electron chi connectivity index (χ2n) is 5.62. The van der Waals surface area contributed by atoms with Crippen molar-refractivity contribution in [2.75, 3.05) is 18.1 Å². The van der Waals surface area contributed by atoms with E-state index in [1.165, 1.54) is 0 Å². The number of nitrogens with zero attached hydrogens (tertiary/aromatic N) is 2. The molecule has 0 fully saturated rings. The molecule has 1 amide bonds. The van der Waals surface area contributed by atoms with Crippen LogP contribution in [0.5, 0.6) is 0 Å². The minimum Gasteiger partial charge on any atom is -0.478 e. The number of ether oxygens (including phenoxy) is 1. The van der Waals surface area contributed by atoms with Crippen molar-refractivity contribution < 1.29 is 29.5 Å². The summed E-state index contributed by atoms with van der Waals surface area (Å²) in [4.78, 5) is 34.5. The van der Waals surface area contributed by atoms with Gasteiger partial charge in [-0.3, -0.25) is 15.0 Å². The first-order chi connectivity index (χ1) is 10.6. The van der Waals surface area contributed by atoms with Crippen LogP contribution in [0.25, 0.3) is 0 Å². The molecule has 2 N–H and O–H groups in total. The fourth-order valence-corrected chi connectivity index (χ4v) is 1.77. The Morgan fingerprint density at radius 1 is 1.35 bits per heavy atom. The monoisotopic (exact) mass is 326 g/mol. The van der Waals surface area contributed by atoms with Gasteiger partial charge in [0.1, 0.15) is 5.60 Å². The average molecular weight is 326 g/mol. The zero-order chi connectivity index (χ0) is 17.8. The number of anilines is 1. The van der Waals surface area contributed by atoms with Crippen molar-refractivity contribution in [1.29, 1.82) is 0 Å². The summed E-state index contributed by atoms with van der Waals surface area (Å²) in [5, 5.41) is 29.1. The van der Waals surface area contributed by atoms with Crippen molar-refractivity contribution in [1.82, 2.24) is 0 Å². The van der Waals surface area contributed by atoms with Crippen molar-refractivity contribution in [3.8, 4) is 0 Å². The third kappa shape index (κ3) is 4.92. The molecule has 0 saturated carbocycles. The number of aromatic carboxylic acids is 1. The molecular formula is C14H18N2O7. The largest absolute Gasteiger partial charge is 0.478 e. The van der Waals surface area contributed by atoms with Gasteiger partial charge in [-0.25, -0.2) is 9.59 Å². The number of carbonyl (C=O) groups excluding carboxylic acids is 1. The van der Waals surface area contributed by atoms with Gasteiger partial charge in [-0.05, 0) is 26.8 Å². The number of non-ortho nitro benzene ring substituents is 1. The lowest BCUT2D eigenvalue weighted by Crippen LogP contribution is -2.39. The van der Waals surface area contributed by atoms with E-state index in [4.69, 9.17) is 9.84 Å². The minimum absolute atomic E-state index is 0.0913. The molecule has 0 bridgehead atoms. The van der Waals surface area contributed by atoms with Crippen LogP contribution < -0.4 is 4.90 Å². The van der Waals surface area contributed by atoms with Gasteiger partial charge < -0.3 is 14.9 Å². The molecule has 0 aliphatic rings. The predicted octanol–water partition coefficient (Wildman–Crippen LogP) is 2.03. The average Bonchev–Trinajstić information content (AvgIpc) is 2.42. The number of carboxylic acid groups (broad SMARTS) is 1. The van der Waals surface area contributed by atoms with E-state index >= 15 is 0 Å². The summed E-state index contributed by atoms with van der Waals surface area (Å²) in [6, 6.07) is 3.07. The van der Waals surface area contributed by atoms with Gasteiger partial charge in [0.05, 0.1) is 29.3 Å². The first-order valence-electron chi connectivity index (χ1n) is 6.70. The molecule has 0 unspecified atom stereocenters. The lowest BCUT2D eigenvalue weighted by molar-refractivity contribution is -0.384.